The van der Waals surface area contributed by atoms with E-state index >= 15 is 0 Å². The van der Waals surface area contributed by atoms with Crippen molar-refractivity contribution in [3.05, 3.63) is 64.1 Å². The van der Waals surface area contributed by atoms with Crippen molar-refractivity contribution in [2.75, 3.05) is 11.9 Å². The molecule has 9 nitrogen and oxygen atoms in total. The first-order chi connectivity index (χ1) is 16.4. The summed E-state index contributed by atoms with van der Waals surface area (Å²) < 4.78 is 9.18. The van der Waals surface area contributed by atoms with Gasteiger partial charge in [-0.25, -0.2) is 14.3 Å². The summed E-state index contributed by atoms with van der Waals surface area (Å²) in [6, 6.07) is 11.7. The van der Waals surface area contributed by atoms with Crippen LogP contribution < -0.4 is 20.9 Å². The van der Waals surface area contributed by atoms with Crippen LogP contribution in [0.1, 0.15) is 44.9 Å². The lowest BCUT2D eigenvalue weighted by Crippen LogP contribution is -2.24. The van der Waals surface area contributed by atoms with Gasteiger partial charge in [0, 0.05) is 30.5 Å². The van der Waals surface area contributed by atoms with Gasteiger partial charge < -0.3 is 15.4 Å². The van der Waals surface area contributed by atoms with Crippen molar-refractivity contribution in [3.63, 3.8) is 0 Å². The van der Waals surface area contributed by atoms with E-state index in [0.717, 1.165) is 25.2 Å². The number of ether oxygens (including phenoxy) is 1. The van der Waals surface area contributed by atoms with E-state index in [1.165, 1.54) is 11.1 Å². The van der Waals surface area contributed by atoms with E-state index in [-0.39, 0.29) is 17.7 Å². The Hall–Kier alpha value is -3.72. The van der Waals surface area contributed by atoms with Crippen molar-refractivity contribution in [2.45, 2.75) is 52.8 Å². The highest BCUT2D eigenvalue weighted by atomic mass is 16.5. The zero-order valence-electron chi connectivity index (χ0n) is 19.9. The topological polar surface area (TPSA) is 98.9 Å². The molecule has 9 heteroatoms. The SMILES string of the molecule is CC(C)Oc1cccc(-n2c3nc(Nc4ccc5c(c4)CCNC5)ncc3c(=O)n2C(C)C)n1. The van der Waals surface area contributed by atoms with Gasteiger partial charge in [-0.1, -0.05) is 12.1 Å². The average molecular weight is 460 g/mol. The van der Waals surface area contributed by atoms with Crippen LogP contribution in [0.3, 0.4) is 0 Å². The van der Waals surface area contributed by atoms with Gasteiger partial charge in [-0.05, 0) is 70.0 Å². The van der Waals surface area contributed by atoms with Crippen LogP contribution in [0.4, 0.5) is 11.6 Å². The number of hydrogen-bond acceptors (Lipinski definition) is 7. The summed E-state index contributed by atoms with van der Waals surface area (Å²) >= 11 is 0. The molecule has 0 saturated carbocycles. The molecule has 34 heavy (non-hydrogen) atoms. The Balaban J connectivity index is 1.60. The maximum atomic E-state index is 13.2. The zero-order chi connectivity index (χ0) is 23.8. The third-order valence-corrected chi connectivity index (χ3v) is 5.74. The molecule has 0 radical (unpaired) electrons. The van der Waals surface area contributed by atoms with Crippen LogP contribution in [-0.2, 0) is 13.0 Å². The van der Waals surface area contributed by atoms with Crippen molar-refractivity contribution in [3.8, 4) is 11.7 Å². The fourth-order valence-electron chi connectivity index (χ4n) is 4.26. The maximum Gasteiger partial charge on any atom is 0.278 e. The quantitative estimate of drug-likeness (QED) is 0.453. The highest BCUT2D eigenvalue weighted by Gasteiger charge is 2.20. The molecule has 0 saturated heterocycles. The number of fused-ring (bicyclic) bond motifs is 2. The molecule has 4 heterocycles. The molecule has 0 aliphatic carbocycles. The van der Waals surface area contributed by atoms with E-state index in [0.29, 0.717) is 28.7 Å². The van der Waals surface area contributed by atoms with Crippen LogP contribution in [0.2, 0.25) is 0 Å². The number of rotatable bonds is 6. The molecular formula is C25H29N7O2. The summed E-state index contributed by atoms with van der Waals surface area (Å²) in [4.78, 5) is 27.1. The smallest absolute Gasteiger partial charge is 0.278 e. The Morgan fingerprint density at radius 1 is 1.09 bits per heavy atom. The highest BCUT2D eigenvalue weighted by Crippen LogP contribution is 2.23. The van der Waals surface area contributed by atoms with Crippen molar-refractivity contribution in [1.82, 2.24) is 29.6 Å². The predicted molar refractivity (Wildman–Crippen MR) is 132 cm³/mol. The number of nitrogens with zero attached hydrogens (tertiary/aromatic N) is 5. The second-order valence-electron chi connectivity index (χ2n) is 9.02. The molecule has 1 aliphatic heterocycles. The maximum absolute atomic E-state index is 13.2. The van der Waals surface area contributed by atoms with Crippen LogP contribution in [0, 0.1) is 0 Å². The molecule has 3 aromatic heterocycles. The number of aromatic nitrogens is 5. The Labute approximate surface area is 197 Å². The summed E-state index contributed by atoms with van der Waals surface area (Å²) in [6.07, 6.45) is 2.56. The van der Waals surface area contributed by atoms with Gasteiger partial charge in [-0.3, -0.25) is 4.79 Å². The predicted octanol–water partition coefficient (Wildman–Crippen LogP) is 3.73. The van der Waals surface area contributed by atoms with E-state index in [9.17, 15) is 4.79 Å². The molecule has 1 aliphatic rings. The zero-order valence-corrected chi connectivity index (χ0v) is 19.9. The van der Waals surface area contributed by atoms with E-state index in [1.54, 1.807) is 21.6 Å². The lowest BCUT2D eigenvalue weighted by molar-refractivity contribution is 0.232. The van der Waals surface area contributed by atoms with Crippen LogP contribution in [0.5, 0.6) is 5.88 Å². The van der Waals surface area contributed by atoms with E-state index < -0.39 is 0 Å². The second kappa shape index (κ2) is 8.90. The van der Waals surface area contributed by atoms with Gasteiger partial charge in [0.15, 0.2) is 11.5 Å². The molecule has 5 rings (SSSR count). The molecule has 0 unspecified atom stereocenters. The minimum atomic E-state index is -0.158. The third-order valence-electron chi connectivity index (χ3n) is 5.74. The first-order valence-electron chi connectivity index (χ1n) is 11.6. The van der Waals surface area contributed by atoms with Gasteiger partial charge in [0.2, 0.25) is 11.8 Å². The van der Waals surface area contributed by atoms with Gasteiger partial charge in [0.25, 0.3) is 5.56 Å². The molecule has 0 fully saturated rings. The highest BCUT2D eigenvalue weighted by molar-refractivity contribution is 5.77. The molecule has 1 aromatic carbocycles. The average Bonchev–Trinajstić information content (AvgIpc) is 3.11. The summed E-state index contributed by atoms with van der Waals surface area (Å²) in [5, 5.41) is 7.13. The molecule has 0 bridgehead atoms. The first-order valence-corrected chi connectivity index (χ1v) is 11.6. The van der Waals surface area contributed by atoms with Crippen LogP contribution in [0.25, 0.3) is 16.9 Å². The number of hydrogen-bond donors (Lipinski definition) is 2. The second-order valence-corrected chi connectivity index (χ2v) is 9.02. The van der Waals surface area contributed by atoms with Gasteiger partial charge >= 0.3 is 0 Å². The molecule has 0 atom stereocenters. The molecule has 2 N–H and O–H groups in total. The first kappa shape index (κ1) is 22.1. The summed E-state index contributed by atoms with van der Waals surface area (Å²) in [5.41, 5.74) is 3.88. The third kappa shape index (κ3) is 4.14. The molecule has 0 spiro atoms. The van der Waals surface area contributed by atoms with Crippen molar-refractivity contribution < 1.29 is 4.74 Å². The molecule has 176 valence electrons. The molecule has 0 amide bonds. The van der Waals surface area contributed by atoms with Crippen LogP contribution >= 0.6 is 0 Å². The van der Waals surface area contributed by atoms with Gasteiger partial charge in [0.1, 0.15) is 5.39 Å². The van der Waals surface area contributed by atoms with Gasteiger partial charge in [-0.15, -0.1) is 0 Å². The summed E-state index contributed by atoms with van der Waals surface area (Å²) in [7, 11) is 0. The van der Waals surface area contributed by atoms with Crippen molar-refractivity contribution in [2.24, 2.45) is 0 Å². The van der Waals surface area contributed by atoms with Crippen molar-refractivity contribution >= 4 is 22.7 Å². The Bertz CT molecular complexity index is 1400. The summed E-state index contributed by atoms with van der Waals surface area (Å²) in [5.74, 6) is 1.48. The lowest BCUT2D eigenvalue weighted by atomic mass is 10.0. The van der Waals surface area contributed by atoms with Crippen molar-refractivity contribution in [1.29, 1.82) is 0 Å². The summed E-state index contributed by atoms with van der Waals surface area (Å²) in [6.45, 7) is 9.68. The fourth-order valence-corrected chi connectivity index (χ4v) is 4.26. The minimum absolute atomic E-state index is 0.0121. The van der Waals surface area contributed by atoms with Crippen LogP contribution in [-0.4, -0.2) is 37.0 Å². The van der Waals surface area contributed by atoms with E-state index in [4.69, 9.17) is 9.72 Å². The monoisotopic (exact) mass is 459 g/mol. The number of anilines is 2. The Kier molecular flexibility index (Phi) is 5.79. The van der Waals surface area contributed by atoms with E-state index in [2.05, 4.69) is 32.7 Å². The Morgan fingerprint density at radius 3 is 2.74 bits per heavy atom. The van der Waals surface area contributed by atoms with Gasteiger partial charge in [-0.2, -0.15) is 9.97 Å². The largest absolute Gasteiger partial charge is 0.475 e. The van der Waals surface area contributed by atoms with Crippen LogP contribution in [0.15, 0.2) is 47.4 Å². The number of pyridine rings is 1. The number of nitrogens with one attached hydrogen (secondary N) is 2. The normalized spacial score (nSPS) is 13.5. The molecular weight excluding hydrogens is 430 g/mol. The fraction of sp³-hybridized carbons (Fsp3) is 0.360. The van der Waals surface area contributed by atoms with Gasteiger partial charge in [0.05, 0.1) is 6.10 Å². The molecule has 4 aromatic rings. The Morgan fingerprint density at radius 2 is 1.94 bits per heavy atom. The lowest BCUT2D eigenvalue weighted by Gasteiger charge is -2.18. The van der Waals surface area contributed by atoms with E-state index in [1.807, 2.05) is 45.9 Å². The number of benzene rings is 1. The standard InChI is InChI=1S/C25H29N7O2/c1-15(2)31-24(33)20-14-27-25(28-19-9-8-18-13-26-11-10-17(18)12-19)30-23(20)32(31)21-6-5-7-22(29-21)34-16(3)4/h5-9,12,14-16,26H,10-11,13H2,1-4H3,(H,27,28,30). The minimum Gasteiger partial charge on any atom is -0.475 e.